The molecule has 28 heavy (non-hydrogen) atoms. The van der Waals surface area contributed by atoms with E-state index < -0.39 is 22.5 Å². The normalized spacial score (nSPS) is 12.3. The molecule has 1 amide bonds. The zero-order chi connectivity index (χ0) is 20.9. The fourth-order valence-electron chi connectivity index (χ4n) is 2.48. The lowest BCUT2D eigenvalue weighted by molar-refractivity contribution is -0.120. The number of sulfonamides is 1. The van der Waals surface area contributed by atoms with Gasteiger partial charge < -0.3 is 10.1 Å². The van der Waals surface area contributed by atoms with Crippen LogP contribution in [-0.4, -0.2) is 39.8 Å². The van der Waals surface area contributed by atoms with Gasteiger partial charge in [0, 0.05) is 5.02 Å². The van der Waals surface area contributed by atoms with Crippen molar-refractivity contribution in [3.05, 3.63) is 58.1 Å². The number of benzene rings is 2. The number of nitrogens with zero attached hydrogens (tertiary/aromatic N) is 1. The highest BCUT2D eigenvalue weighted by Crippen LogP contribution is 2.30. The Bertz CT molecular complexity index is 951. The quantitative estimate of drug-likeness (QED) is 0.673. The monoisotopic (exact) mass is 444 g/mol. The Kier molecular flexibility index (Phi) is 7.57. The van der Waals surface area contributed by atoms with E-state index in [1.54, 1.807) is 13.0 Å². The highest BCUT2D eigenvalue weighted by molar-refractivity contribution is 7.92. The lowest BCUT2D eigenvalue weighted by Gasteiger charge is -2.24. The molecule has 1 N–H and O–H groups in total. The second kappa shape index (κ2) is 9.49. The van der Waals surface area contributed by atoms with Crippen molar-refractivity contribution in [2.24, 2.45) is 0 Å². The van der Waals surface area contributed by atoms with Crippen molar-refractivity contribution >= 4 is 44.8 Å². The molecule has 0 unspecified atom stereocenters. The highest BCUT2D eigenvalue weighted by Gasteiger charge is 2.24. The van der Waals surface area contributed by atoms with E-state index in [0.29, 0.717) is 5.02 Å². The molecule has 0 saturated carbocycles. The molecule has 0 aliphatic carbocycles. The summed E-state index contributed by atoms with van der Waals surface area (Å²) in [6.45, 7) is 3.52. The minimum absolute atomic E-state index is 0.149. The minimum atomic E-state index is -3.75. The molecular formula is C19H22Cl2N2O4S. The van der Waals surface area contributed by atoms with Gasteiger partial charge in [-0.1, -0.05) is 41.4 Å². The summed E-state index contributed by atoms with van der Waals surface area (Å²) in [5.41, 5.74) is 1.13. The first-order chi connectivity index (χ1) is 13.1. The lowest BCUT2D eigenvalue weighted by atomic mass is 10.2. The Balaban J connectivity index is 2.04. The van der Waals surface area contributed by atoms with E-state index in [9.17, 15) is 13.2 Å². The Morgan fingerprint density at radius 3 is 2.54 bits per heavy atom. The second-order valence-electron chi connectivity index (χ2n) is 6.41. The predicted octanol–water partition coefficient (Wildman–Crippen LogP) is 3.65. The highest BCUT2D eigenvalue weighted by atomic mass is 35.5. The van der Waals surface area contributed by atoms with Crippen LogP contribution in [0.25, 0.3) is 0 Å². The van der Waals surface area contributed by atoms with Crippen molar-refractivity contribution in [2.75, 3.05) is 23.7 Å². The minimum Gasteiger partial charge on any atom is -0.491 e. The van der Waals surface area contributed by atoms with Gasteiger partial charge in [-0.05, 0) is 43.7 Å². The van der Waals surface area contributed by atoms with Gasteiger partial charge in [0.1, 0.15) is 18.9 Å². The average Bonchev–Trinajstić information content (AvgIpc) is 2.60. The van der Waals surface area contributed by atoms with E-state index in [1.165, 1.54) is 12.1 Å². The summed E-state index contributed by atoms with van der Waals surface area (Å²) < 4.78 is 31.0. The SMILES string of the molecule is Cc1ccccc1OC[C@H](C)NC(=O)CN(c1cc(Cl)ccc1Cl)S(C)(=O)=O. The molecule has 0 saturated heterocycles. The summed E-state index contributed by atoms with van der Waals surface area (Å²) in [6, 6.07) is 11.6. The molecule has 0 fully saturated rings. The number of carbonyl (C=O) groups excluding carboxylic acids is 1. The van der Waals surface area contributed by atoms with E-state index in [4.69, 9.17) is 27.9 Å². The van der Waals surface area contributed by atoms with Gasteiger partial charge in [-0.15, -0.1) is 0 Å². The molecule has 0 heterocycles. The summed E-state index contributed by atoms with van der Waals surface area (Å²) in [6.07, 6.45) is 1.00. The summed E-state index contributed by atoms with van der Waals surface area (Å²) in [5, 5.41) is 3.22. The van der Waals surface area contributed by atoms with Gasteiger partial charge in [0.25, 0.3) is 0 Å². The van der Waals surface area contributed by atoms with Crippen molar-refractivity contribution in [2.45, 2.75) is 19.9 Å². The van der Waals surface area contributed by atoms with Crippen LogP contribution in [0.3, 0.4) is 0 Å². The molecule has 2 aromatic rings. The van der Waals surface area contributed by atoms with Crippen molar-refractivity contribution < 1.29 is 17.9 Å². The molecule has 1 atom stereocenters. The van der Waals surface area contributed by atoms with Crippen molar-refractivity contribution in [1.82, 2.24) is 5.32 Å². The van der Waals surface area contributed by atoms with Gasteiger partial charge in [0.15, 0.2) is 0 Å². The van der Waals surface area contributed by atoms with Crippen LogP contribution >= 0.6 is 23.2 Å². The molecule has 0 bridgehead atoms. The lowest BCUT2D eigenvalue weighted by Crippen LogP contribution is -2.45. The molecule has 6 nitrogen and oxygen atoms in total. The van der Waals surface area contributed by atoms with E-state index in [0.717, 1.165) is 21.9 Å². The average molecular weight is 445 g/mol. The zero-order valence-electron chi connectivity index (χ0n) is 15.8. The van der Waals surface area contributed by atoms with Crippen LogP contribution in [0.2, 0.25) is 10.0 Å². The fourth-order valence-corrected chi connectivity index (χ4v) is 3.78. The Labute approximate surface area is 175 Å². The molecular weight excluding hydrogens is 423 g/mol. The number of rotatable bonds is 8. The number of halogens is 2. The van der Waals surface area contributed by atoms with Crippen LogP contribution in [-0.2, 0) is 14.8 Å². The number of hydrogen-bond donors (Lipinski definition) is 1. The van der Waals surface area contributed by atoms with E-state index in [-0.39, 0.29) is 23.4 Å². The molecule has 152 valence electrons. The van der Waals surface area contributed by atoms with Gasteiger partial charge in [0.2, 0.25) is 15.9 Å². The first-order valence-corrected chi connectivity index (χ1v) is 11.1. The van der Waals surface area contributed by atoms with Crippen molar-refractivity contribution in [3.8, 4) is 5.75 Å². The summed E-state index contributed by atoms with van der Waals surface area (Å²) >= 11 is 12.0. The number of anilines is 1. The van der Waals surface area contributed by atoms with E-state index >= 15 is 0 Å². The van der Waals surface area contributed by atoms with Crippen LogP contribution in [0.5, 0.6) is 5.75 Å². The van der Waals surface area contributed by atoms with Crippen LogP contribution in [0.15, 0.2) is 42.5 Å². The topological polar surface area (TPSA) is 75.7 Å². The van der Waals surface area contributed by atoms with Gasteiger partial charge in [0.05, 0.1) is 23.0 Å². The number of nitrogens with one attached hydrogen (secondary N) is 1. The standard InChI is InChI=1S/C19H22Cl2N2O4S/c1-13-6-4-5-7-18(13)27-12-14(2)22-19(24)11-23(28(3,25)26)17-10-15(20)8-9-16(17)21/h4-10,14H,11-12H2,1-3H3,(H,22,24)/t14-/m0/s1. The first kappa shape index (κ1) is 22.3. The fraction of sp³-hybridized carbons (Fsp3) is 0.316. The van der Waals surface area contributed by atoms with Gasteiger partial charge >= 0.3 is 0 Å². The third-order valence-corrected chi connectivity index (χ3v) is 5.54. The third-order valence-electron chi connectivity index (χ3n) is 3.85. The molecule has 9 heteroatoms. The largest absolute Gasteiger partial charge is 0.491 e. The first-order valence-electron chi connectivity index (χ1n) is 8.48. The van der Waals surface area contributed by atoms with Crippen molar-refractivity contribution in [3.63, 3.8) is 0 Å². The predicted molar refractivity (Wildman–Crippen MR) is 113 cm³/mol. The maximum atomic E-state index is 12.4. The number of para-hydroxylation sites is 1. The van der Waals surface area contributed by atoms with Crippen LogP contribution in [0, 0.1) is 6.92 Å². The van der Waals surface area contributed by atoms with Crippen molar-refractivity contribution in [1.29, 1.82) is 0 Å². The molecule has 2 aromatic carbocycles. The Morgan fingerprint density at radius 2 is 1.89 bits per heavy atom. The van der Waals surface area contributed by atoms with Crippen LogP contribution in [0.1, 0.15) is 12.5 Å². The van der Waals surface area contributed by atoms with Crippen LogP contribution in [0.4, 0.5) is 5.69 Å². The number of aryl methyl sites for hydroxylation is 1. The molecule has 2 rings (SSSR count). The van der Waals surface area contributed by atoms with Crippen LogP contribution < -0.4 is 14.4 Å². The Morgan fingerprint density at radius 1 is 1.21 bits per heavy atom. The van der Waals surface area contributed by atoms with Gasteiger partial charge in [-0.2, -0.15) is 0 Å². The summed E-state index contributed by atoms with van der Waals surface area (Å²) in [5.74, 6) is 0.245. The summed E-state index contributed by atoms with van der Waals surface area (Å²) in [4.78, 5) is 12.4. The molecule has 0 spiro atoms. The Hall–Kier alpha value is -1.96. The number of hydrogen-bond acceptors (Lipinski definition) is 4. The summed E-state index contributed by atoms with van der Waals surface area (Å²) in [7, 11) is -3.75. The van der Waals surface area contributed by atoms with Gasteiger partial charge in [-0.3, -0.25) is 9.10 Å². The third kappa shape index (κ3) is 6.29. The number of carbonyl (C=O) groups is 1. The van der Waals surface area contributed by atoms with Gasteiger partial charge in [-0.25, -0.2) is 8.42 Å². The molecule has 0 aliphatic rings. The molecule has 0 aromatic heterocycles. The second-order valence-corrected chi connectivity index (χ2v) is 9.16. The number of ether oxygens (including phenoxy) is 1. The maximum absolute atomic E-state index is 12.4. The number of amides is 1. The molecule has 0 aliphatic heterocycles. The molecule has 0 radical (unpaired) electrons. The van der Waals surface area contributed by atoms with E-state index in [1.807, 2.05) is 31.2 Å². The van der Waals surface area contributed by atoms with E-state index in [2.05, 4.69) is 5.32 Å². The zero-order valence-corrected chi connectivity index (χ0v) is 18.1. The smallest absolute Gasteiger partial charge is 0.241 e. The maximum Gasteiger partial charge on any atom is 0.241 e.